The fourth-order valence-corrected chi connectivity index (χ4v) is 1.23. The van der Waals surface area contributed by atoms with Crippen molar-refractivity contribution in [2.24, 2.45) is 5.10 Å². The molecule has 2 N–H and O–H groups in total. The standard InChI is InChI=1S/C11H14N4/c1-3-8(2)14-15-11-12-9-6-4-5-7-10(9)13-11/h4-7H,3H2,1-2H3,(H2,12,13,15)/b14-8+. The molecule has 0 saturated carbocycles. The van der Waals surface area contributed by atoms with Gasteiger partial charge in [-0.25, -0.2) is 10.4 Å². The van der Waals surface area contributed by atoms with Gasteiger partial charge in [0.1, 0.15) is 0 Å². The number of benzene rings is 1. The molecule has 0 spiro atoms. The lowest BCUT2D eigenvalue weighted by Gasteiger charge is -1.95. The molecule has 0 unspecified atom stereocenters. The number of nitrogens with zero attached hydrogens (tertiary/aromatic N) is 2. The molecule has 0 aliphatic carbocycles. The van der Waals surface area contributed by atoms with Gasteiger partial charge in [0.25, 0.3) is 0 Å². The molecule has 0 radical (unpaired) electrons. The van der Waals surface area contributed by atoms with Crippen LogP contribution in [0.25, 0.3) is 11.0 Å². The van der Waals surface area contributed by atoms with E-state index < -0.39 is 0 Å². The summed E-state index contributed by atoms with van der Waals surface area (Å²) in [6, 6.07) is 7.90. The molecule has 0 aliphatic rings. The SMILES string of the molecule is CC/C(C)=N/Nc1nc2ccccc2[nH]1. The molecule has 4 heteroatoms. The summed E-state index contributed by atoms with van der Waals surface area (Å²) >= 11 is 0. The molecular formula is C11H14N4. The Kier molecular flexibility index (Phi) is 2.67. The second kappa shape index (κ2) is 4.13. The first-order valence-electron chi connectivity index (χ1n) is 5.03. The molecule has 2 aromatic rings. The second-order valence-corrected chi connectivity index (χ2v) is 3.41. The third-order valence-corrected chi connectivity index (χ3v) is 2.25. The number of rotatable bonds is 3. The van der Waals surface area contributed by atoms with E-state index in [0.717, 1.165) is 23.2 Å². The average molecular weight is 202 g/mol. The molecule has 0 amide bonds. The van der Waals surface area contributed by atoms with Gasteiger partial charge in [-0.1, -0.05) is 19.1 Å². The van der Waals surface area contributed by atoms with Crippen molar-refractivity contribution in [2.45, 2.75) is 20.3 Å². The van der Waals surface area contributed by atoms with Gasteiger partial charge in [-0.3, -0.25) is 0 Å². The van der Waals surface area contributed by atoms with Crippen molar-refractivity contribution < 1.29 is 0 Å². The van der Waals surface area contributed by atoms with Crippen LogP contribution >= 0.6 is 0 Å². The zero-order valence-corrected chi connectivity index (χ0v) is 8.91. The molecule has 1 aromatic carbocycles. The Labute approximate surface area is 88.4 Å². The van der Waals surface area contributed by atoms with Crippen LogP contribution in [0.2, 0.25) is 0 Å². The van der Waals surface area contributed by atoms with Crippen LogP contribution in [-0.2, 0) is 0 Å². The molecular weight excluding hydrogens is 188 g/mol. The minimum atomic E-state index is 0.684. The first-order chi connectivity index (χ1) is 7.29. The number of hydrazone groups is 1. The normalized spacial score (nSPS) is 12.0. The summed E-state index contributed by atoms with van der Waals surface area (Å²) in [6.07, 6.45) is 0.938. The van der Waals surface area contributed by atoms with Crippen LogP contribution in [0.15, 0.2) is 29.4 Å². The van der Waals surface area contributed by atoms with Gasteiger partial charge in [-0.05, 0) is 25.5 Å². The minimum Gasteiger partial charge on any atom is -0.323 e. The third-order valence-electron chi connectivity index (χ3n) is 2.25. The van der Waals surface area contributed by atoms with Crippen molar-refractivity contribution in [3.8, 4) is 0 Å². The lowest BCUT2D eigenvalue weighted by Crippen LogP contribution is -1.96. The van der Waals surface area contributed by atoms with Gasteiger partial charge in [0, 0.05) is 5.71 Å². The van der Waals surface area contributed by atoms with Crippen molar-refractivity contribution in [2.75, 3.05) is 5.43 Å². The summed E-state index contributed by atoms with van der Waals surface area (Å²) in [5.74, 6) is 0.684. The largest absolute Gasteiger partial charge is 0.323 e. The molecule has 2 rings (SSSR count). The zero-order chi connectivity index (χ0) is 10.7. The fraction of sp³-hybridized carbons (Fsp3) is 0.273. The van der Waals surface area contributed by atoms with E-state index in [9.17, 15) is 0 Å². The van der Waals surface area contributed by atoms with E-state index in [1.165, 1.54) is 0 Å². The maximum absolute atomic E-state index is 4.35. The van der Waals surface area contributed by atoms with E-state index in [1.807, 2.05) is 31.2 Å². The van der Waals surface area contributed by atoms with Crippen LogP contribution in [0.1, 0.15) is 20.3 Å². The third kappa shape index (κ3) is 2.15. The van der Waals surface area contributed by atoms with Gasteiger partial charge in [0.15, 0.2) is 0 Å². The maximum atomic E-state index is 4.35. The van der Waals surface area contributed by atoms with Crippen LogP contribution in [0.3, 0.4) is 0 Å². The molecule has 78 valence electrons. The number of fused-ring (bicyclic) bond motifs is 1. The van der Waals surface area contributed by atoms with E-state index in [4.69, 9.17) is 0 Å². The average Bonchev–Trinajstić information content (AvgIpc) is 2.68. The summed E-state index contributed by atoms with van der Waals surface area (Å²) in [7, 11) is 0. The van der Waals surface area contributed by atoms with E-state index in [1.54, 1.807) is 0 Å². The molecule has 4 nitrogen and oxygen atoms in total. The summed E-state index contributed by atoms with van der Waals surface area (Å²) in [6.45, 7) is 4.05. The smallest absolute Gasteiger partial charge is 0.222 e. The van der Waals surface area contributed by atoms with Crippen molar-refractivity contribution in [1.29, 1.82) is 0 Å². The van der Waals surface area contributed by atoms with Gasteiger partial charge in [-0.15, -0.1) is 0 Å². The van der Waals surface area contributed by atoms with Crippen LogP contribution in [0.5, 0.6) is 0 Å². The number of para-hydroxylation sites is 2. The number of imidazole rings is 1. The molecule has 0 aliphatic heterocycles. The number of aromatic nitrogens is 2. The van der Waals surface area contributed by atoms with E-state index in [2.05, 4.69) is 27.4 Å². The number of aromatic amines is 1. The minimum absolute atomic E-state index is 0.684. The Bertz CT molecular complexity index is 451. The Hall–Kier alpha value is -1.84. The first-order valence-corrected chi connectivity index (χ1v) is 5.03. The van der Waals surface area contributed by atoms with Crippen LogP contribution in [0, 0.1) is 0 Å². The molecule has 1 aromatic heterocycles. The van der Waals surface area contributed by atoms with E-state index in [-0.39, 0.29) is 0 Å². The number of hydrogen-bond acceptors (Lipinski definition) is 3. The van der Waals surface area contributed by atoms with Crippen molar-refractivity contribution in [3.63, 3.8) is 0 Å². The highest BCUT2D eigenvalue weighted by molar-refractivity contribution is 5.82. The number of anilines is 1. The number of nitrogens with one attached hydrogen (secondary N) is 2. The Balaban J connectivity index is 2.22. The maximum Gasteiger partial charge on any atom is 0.222 e. The number of hydrogen-bond donors (Lipinski definition) is 2. The predicted octanol–water partition coefficient (Wildman–Crippen LogP) is 2.76. The van der Waals surface area contributed by atoms with Gasteiger partial charge >= 0.3 is 0 Å². The number of H-pyrrole nitrogens is 1. The molecule has 15 heavy (non-hydrogen) atoms. The Morgan fingerprint density at radius 3 is 3.00 bits per heavy atom. The van der Waals surface area contributed by atoms with Gasteiger partial charge in [-0.2, -0.15) is 5.10 Å². The summed E-state index contributed by atoms with van der Waals surface area (Å²) in [4.78, 5) is 7.49. The topological polar surface area (TPSA) is 53.1 Å². The quantitative estimate of drug-likeness (QED) is 0.594. The van der Waals surface area contributed by atoms with Crippen molar-refractivity contribution >= 4 is 22.7 Å². The lowest BCUT2D eigenvalue weighted by atomic mass is 10.3. The monoisotopic (exact) mass is 202 g/mol. The lowest BCUT2D eigenvalue weighted by molar-refractivity contribution is 1.16. The first kappa shape index (κ1) is 9.71. The second-order valence-electron chi connectivity index (χ2n) is 3.41. The van der Waals surface area contributed by atoms with E-state index >= 15 is 0 Å². The van der Waals surface area contributed by atoms with Gasteiger partial charge < -0.3 is 4.98 Å². The summed E-state index contributed by atoms with van der Waals surface area (Å²) in [5, 5.41) is 4.18. The molecule has 0 fully saturated rings. The van der Waals surface area contributed by atoms with Crippen LogP contribution < -0.4 is 5.43 Å². The highest BCUT2D eigenvalue weighted by atomic mass is 15.4. The molecule has 0 bridgehead atoms. The Morgan fingerprint density at radius 1 is 1.47 bits per heavy atom. The van der Waals surface area contributed by atoms with Crippen molar-refractivity contribution in [3.05, 3.63) is 24.3 Å². The fourth-order valence-electron chi connectivity index (χ4n) is 1.23. The van der Waals surface area contributed by atoms with Gasteiger partial charge in [0.2, 0.25) is 5.95 Å². The highest BCUT2D eigenvalue weighted by Gasteiger charge is 1.99. The molecule has 1 heterocycles. The summed E-state index contributed by atoms with van der Waals surface area (Å²) < 4.78 is 0. The highest BCUT2D eigenvalue weighted by Crippen LogP contribution is 2.12. The van der Waals surface area contributed by atoms with Crippen LogP contribution in [0.4, 0.5) is 5.95 Å². The van der Waals surface area contributed by atoms with Crippen molar-refractivity contribution in [1.82, 2.24) is 9.97 Å². The zero-order valence-electron chi connectivity index (χ0n) is 8.91. The van der Waals surface area contributed by atoms with E-state index in [0.29, 0.717) is 5.95 Å². The molecule has 0 atom stereocenters. The predicted molar refractivity (Wildman–Crippen MR) is 63.1 cm³/mol. The van der Waals surface area contributed by atoms with Crippen LogP contribution in [-0.4, -0.2) is 15.7 Å². The van der Waals surface area contributed by atoms with Gasteiger partial charge in [0.05, 0.1) is 11.0 Å². The summed E-state index contributed by atoms with van der Waals surface area (Å²) in [5.41, 5.74) is 5.92. The molecule has 0 saturated heterocycles. The Morgan fingerprint density at radius 2 is 2.27 bits per heavy atom.